The molecular weight excluding hydrogens is 506 g/mol. The van der Waals surface area contributed by atoms with E-state index in [1.54, 1.807) is 5.57 Å². The second-order valence-electron chi connectivity index (χ2n) is 16.5. The Bertz CT molecular complexity index is 921. The largest absolute Gasteiger partial charge is 0.462 e. The van der Waals surface area contributed by atoms with Crippen molar-refractivity contribution in [3.63, 3.8) is 0 Å². The summed E-state index contributed by atoms with van der Waals surface area (Å²) in [5.74, 6) is 5.27. The molecule has 0 aromatic carbocycles. The van der Waals surface area contributed by atoms with Crippen LogP contribution in [0.2, 0.25) is 0 Å². The molecule has 234 valence electrons. The second-order valence-corrected chi connectivity index (χ2v) is 16.5. The molecule has 0 aromatic rings. The highest BCUT2D eigenvalue weighted by molar-refractivity contribution is 5.69. The molecule has 1 heterocycles. The van der Waals surface area contributed by atoms with Crippen LogP contribution < -0.4 is 0 Å². The van der Waals surface area contributed by atoms with Crippen LogP contribution in [0, 0.1) is 46.3 Å². The normalized spacial score (nSPS) is 38.9. The highest BCUT2D eigenvalue weighted by atomic mass is 16.5. The molecule has 0 unspecified atom stereocenters. The smallest absolute Gasteiger partial charge is 0.306 e. The number of fused-ring (bicyclic) bond motifs is 5. The predicted molar refractivity (Wildman–Crippen MR) is 168 cm³/mol. The third-order valence-electron chi connectivity index (χ3n) is 13.4. The maximum atomic E-state index is 12.8. The first kappa shape index (κ1) is 31.6. The summed E-state index contributed by atoms with van der Waals surface area (Å²) in [7, 11) is 2.33. The average molecular weight is 571 g/mol. The maximum absolute atomic E-state index is 12.8. The van der Waals surface area contributed by atoms with Crippen molar-refractivity contribution in [3.8, 4) is 0 Å². The summed E-state index contributed by atoms with van der Waals surface area (Å²) in [6, 6.07) is 0. The van der Waals surface area contributed by atoms with E-state index in [0.717, 1.165) is 98.5 Å². The molecule has 0 radical (unpaired) electrons. The van der Waals surface area contributed by atoms with Crippen LogP contribution >= 0.6 is 0 Å². The van der Waals surface area contributed by atoms with Crippen molar-refractivity contribution in [3.05, 3.63) is 11.6 Å². The minimum absolute atomic E-state index is 0.0328. The van der Waals surface area contributed by atoms with Gasteiger partial charge >= 0.3 is 5.97 Å². The molecule has 0 N–H and O–H groups in total. The quantitative estimate of drug-likeness (QED) is 0.108. The van der Waals surface area contributed by atoms with Gasteiger partial charge in [0.05, 0.1) is 26.8 Å². The van der Waals surface area contributed by atoms with Gasteiger partial charge in [-0.25, -0.2) is 0 Å². The van der Waals surface area contributed by atoms with Crippen molar-refractivity contribution >= 4 is 5.97 Å². The number of hydrogen-bond acceptors (Lipinski definition) is 3. The summed E-state index contributed by atoms with van der Waals surface area (Å²) in [5.41, 5.74) is 2.51. The van der Waals surface area contributed by atoms with Crippen molar-refractivity contribution in [2.75, 3.05) is 39.9 Å². The Kier molecular flexibility index (Phi) is 10.0. The molecule has 3 saturated carbocycles. The van der Waals surface area contributed by atoms with Gasteiger partial charge in [0.2, 0.25) is 0 Å². The van der Waals surface area contributed by atoms with Gasteiger partial charge in [0.15, 0.2) is 0 Å². The van der Waals surface area contributed by atoms with Gasteiger partial charge in [0.25, 0.3) is 0 Å². The lowest BCUT2D eigenvalue weighted by atomic mass is 9.47. The predicted octanol–water partition coefficient (Wildman–Crippen LogP) is 8.59. The summed E-state index contributed by atoms with van der Waals surface area (Å²) in [6.45, 7) is 17.7. The third-order valence-corrected chi connectivity index (χ3v) is 13.4. The molecule has 0 amide bonds. The van der Waals surface area contributed by atoms with Crippen molar-refractivity contribution < 1.29 is 18.8 Å². The Balaban J connectivity index is 1.12. The first-order valence-corrected chi connectivity index (χ1v) is 17.8. The van der Waals surface area contributed by atoms with E-state index in [0.29, 0.717) is 17.3 Å². The highest BCUT2D eigenvalue weighted by Crippen LogP contribution is 2.67. The lowest BCUT2D eigenvalue weighted by Gasteiger charge is -2.58. The fraction of sp³-hybridized carbons (Fsp3) is 0.919. The van der Waals surface area contributed by atoms with E-state index in [1.165, 1.54) is 57.8 Å². The second kappa shape index (κ2) is 13.0. The summed E-state index contributed by atoms with van der Waals surface area (Å²) in [5, 5.41) is 0. The first-order chi connectivity index (χ1) is 19.5. The molecule has 4 nitrogen and oxygen atoms in total. The van der Waals surface area contributed by atoms with Gasteiger partial charge < -0.3 is 14.0 Å². The number of unbranched alkanes of at least 4 members (excludes halogenated alkanes) is 1. The summed E-state index contributed by atoms with van der Waals surface area (Å²) in [6.07, 6.45) is 19.9. The summed E-state index contributed by atoms with van der Waals surface area (Å²) in [4.78, 5) is 12.8. The number of rotatable bonds is 11. The molecule has 1 saturated heterocycles. The Labute approximate surface area is 253 Å². The lowest BCUT2D eigenvalue weighted by molar-refractivity contribution is -0.917. The number of morpholine rings is 1. The third kappa shape index (κ3) is 6.79. The minimum atomic E-state index is 0.0328. The zero-order chi connectivity index (χ0) is 29.3. The fourth-order valence-electron chi connectivity index (χ4n) is 10.8. The average Bonchev–Trinajstić information content (AvgIpc) is 3.29. The molecule has 5 aliphatic rings. The first-order valence-electron chi connectivity index (χ1n) is 17.8. The molecule has 0 spiro atoms. The zero-order valence-electron chi connectivity index (χ0n) is 27.7. The molecule has 4 aliphatic carbocycles. The van der Waals surface area contributed by atoms with E-state index >= 15 is 0 Å². The van der Waals surface area contributed by atoms with Crippen molar-refractivity contribution in [1.82, 2.24) is 0 Å². The van der Waals surface area contributed by atoms with Crippen LogP contribution in [0.3, 0.4) is 0 Å². The van der Waals surface area contributed by atoms with Gasteiger partial charge in [-0.15, -0.1) is 0 Å². The van der Waals surface area contributed by atoms with Crippen molar-refractivity contribution in [1.29, 1.82) is 0 Å². The number of allylic oxidation sites excluding steroid dienone is 1. The molecular formula is C37H64NO3+. The maximum Gasteiger partial charge on any atom is 0.306 e. The molecule has 0 bridgehead atoms. The Hall–Kier alpha value is -0.870. The van der Waals surface area contributed by atoms with E-state index in [1.807, 2.05) is 0 Å². The van der Waals surface area contributed by atoms with Crippen LogP contribution in [0.5, 0.6) is 0 Å². The van der Waals surface area contributed by atoms with Gasteiger partial charge in [-0.05, 0) is 104 Å². The van der Waals surface area contributed by atoms with Crippen LogP contribution in [-0.4, -0.2) is 56.5 Å². The Morgan fingerprint density at radius 1 is 1.00 bits per heavy atom. The lowest BCUT2D eigenvalue weighted by Crippen LogP contribution is -2.52. The van der Waals surface area contributed by atoms with Crippen molar-refractivity contribution in [2.24, 2.45) is 46.3 Å². The fourth-order valence-corrected chi connectivity index (χ4v) is 10.8. The van der Waals surface area contributed by atoms with Crippen LogP contribution in [0.15, 0.2) is 11.6 Å². The van der Waals surface area contributed by atoms with E-state index < -0.39 is 0 Å². The number of carbonyl (C=O) groups is 1. The van der Waals surface area contributed by atoms with Gasteiger partial charge in [-0.1, -0.05) is 65.5 Å². The van der Waals surface area contributed by atoms with E-state index in [-0.39, 0.29) is 12.1 Å². The van der Waals surface area contributed by atoms with Crippen LogP contribution in [0.1, 0.15) is 125 Å². The monoisotopic (exact) mass is 570 g/mol. The molecule has 4 fully saturated rings. The molecule has 0 aromatic heterocycles. The van der Waals surface area contributed by atoms with E-state index in [9.17, 15) is 4.79 Å². The number of esters is 1. The molecule has 4 heteroatoms. The zero-order valence-corrected chi connectivity index (χ0v) is 27.7. The SMILES string of the molecule is CC(C)CCC[C@@H](C)[C@H]1CC[C@H]2[C@@H]3CC=C4C[C@@H](OC(=O)CCCC[N+]5(C)CCOCC5)CC[C@]4(C)[C@H]3CC[C@]12C. The number of carbonyl (C=O) groups excluding carboxylic acids is 1. The van der Waals surface area contributed by atoms with Gasteiger partial charge in [0, 0.05) is 12.8 Å². The van der Waals surface area contributed by atoms with E-state index in [2.05, 4.69) is 47.7 Å². The standard InChI is InChI=1S/C37H64NO3/c1-27(2)10-9-11-28(3)32-15-16-33-31-14-13-29-26-30(17-19-36(29,4)34(31)18-20-37(32,33)5)41-35(39)12-7-8-21-38(6)22-24-40-25-23-38/h13,27-28,30-34H,7-12,14-26H2,1-6H3/q+1/t28-,30+,31+,32-,33+,34+,36+,37-/m1/s1. The number of nitrogens with zero attached hydrogens (tertiary/aromatic N) is 1. The summed E-state index contributed by atoms with van der Waals surface area (Å²) >= 11 is 0. The Morgan fingerprint density at radius 3 is 2.54 bits per heavy atom. The molecule has 1 aliphatic heterocycles. The van der Waals surface area contributed by atoms with Gasteiger partial charge in [0.1, 0.15) is 19.2 Å². The molecule has 41 heavy (non-hydrogen) atoms. The van der Waals surface area contributed by atoms with Crippen LogP contribution in [-0.2, 0) is 14.3 Å². The number of likely N-dealkylation sites (N-methyl/N-ethyl adjacent to an activating group) is 1. The van der Waals surface area contributed by atoms with Gasteiger partial charge in [-0.2, -0.15) is 0 Å². The van der Waals surface area contributed by atoms with Gasteiger partial charge in [-0.3, -0.25) is 4.79 Å². The number of hydrogen-bond donors (Lipinski definition) is 0. The molecule has 5 rings (SSSR count). The topological polar surface area (TPSA) is 35.5 Å². The number of quaternary nitrogens is 1. The number of ether oxygens (including phenoxy) is 2. The van der Waals surface area contributed by atoms with Crippen molar-refractivity contribution in [2.45, 2.75) is 131 Å². The van der Waals surface area contributed by atoms with Crippen LogP contribution in [0.25, 0.3) is 0 Å². The highest BCUT2D eigenvalue weighted by Gasteiger charge is 2.59. The Morgan fingerprint density at radius 2 is 1.78 bits per heavy atom. The van der Waals surface area contributed by atoms with Crippen LogP contribution in [0.4, 0.5) is 0 Å². The molecule has 8 atom stereocenters. The minimum Gasteiger partial charge on any atom is -0.462 e. The summed E-state index contributed by atoms with van der Waals surface area (Å²) < 4.78 is 12.7. The van der Waals surface area contributed by atoms with E-state index in [4.69, 9.17) is 9.47 Å².